The van der Waals surface area contributed by atoms with Crippen LogP contribution in [0.5, 0.6) is 0 Å². The van der Waals surface area contributed by atoms with Crippen LogP contribution in [0.2, 0.25) is 5.02 Å². The number of benzene rings is 1. The van der Waals surface area contributed by atoms with Crippen LogP contribution in [-0.2, 0) is 11.3 Å². The molecule has 0 spiro atoms. The molecule has 1 atom stereocenters. The summed E-state index contributed by atoms with van der Waals surface area (Å²) in [5.41, 5.74) is 1.52. The zero-order chi connectivity index (χ0) is 17.7. The standard InChI is InChI=1S/C18H21ClN2O2S/c1-11(2)16(18(23)20-10-15-12(3)8-9-24-15)21-17(22)13-6-4-5-7-14(13)19/h4-9,11,16H,10H2,1-3H3,(H,20,23)(H,21,22). The van der Waals surface area contributed by atoms with Gasteiger partial charge in [0.15, 0.2) is 0 Å². The van der Waals surface area contributed by atoms with E-state index < -0.39 is 6.04 Å². The van der Waals surface area contributed by atoms with Crippen molar-refractivity contribution < 1.29 is 9.59 Å². The number of halogens is 1. The fraction of sp³-hybridized carbons (Fsp3) is 0.333. The van der Waals surface area contributed by atoms with E-state index in [-0.39, 0.29) is 17.7 Å². The lowest BCUT2D eigenvalue weighted by Gasteiger charge is -2.22. The molecule has 1 aromatic heterocycles. The van der Waals surface area contributed by atoms with Crippen LogP contribution in [-0.4, -0.2) is 17.9 Å². The summed E-state index contributed by atoms with van der Waals surface area (Å²) < 4.78 is 0. The van der Waals surface area contributed by atoms with Gasteiger partial charge in [-0.25, -0.2) is 0 Å². The van der Waals surface area contributed by atoms with Gasteiger partial charge in [0.1, 0.15) is 6.04 Å². The highest BCUT2D eigenvalue weighted by Gasteiger charge is 2.25. The second-order valence-corrected chi connectivity index (χ2v) is 7.33. The van der Waals surface area contributed by atoms with E-state index in [1.54, 1.807) is 35.6 Å². The van der Waals surface area contributed by atoms with Gasteiger partial charge in [0.2, 0.25) is 5.91 Å². The molecular formula is C18H21ClN2O2S. The molecule has 128 valence electrons. The molecule has 0 aliphatic carbocycles. The molecule has 2 N–H and O–H groups in total. The second kappa shape index (κ2) is 8.31. The summed E-state index contributed by atoms with van der Waals surface area (Å²) in [6.07, 6.45) is 0. The Morgan fingerprint density at radius 3 is 2.50 bits per heavy atom. The minimum atomic E-state index is -0.617. The zero-order valence-corrected chi connectivity index (χ0v) is 15.5. The van der Waals surface area contributed by atoms with Crippen molar-refractivity contribution in [1.29, 1.82) is 0 Å². The van der Waals surface area contributed by atoms with E-state index in [4.69, 9.17) is 11.6 Å². The number of carbonyl (C=O) groups excluding carboxylic acids is 2. The van der Waals surface area contributed by atoms with Crippen LogP contribution < -0.4 is 10.6 Å². The first-order chi connectivity index (χ1) is 11.4. The van der Waals surface area contributed by atoms with Crippen LogP contribution >= 0.6 is 22.9 Å². The highest BCUT2D eigenvalue weighted by Crippen LogP contribution is 2.17. The largest absolute Gasteiger partial charge is 0.349 e. The minimum absolute atomic E-state index is 0.0409. The summed E-state index contributed by atoms with van der Waals surface area (Å²) in [6, 6.07) is 8.20. The van der Waals surface area contributed by atoms with Gasteiger partial charge in [0.05, 0.1) is 17.1 Å². The summed E-state index contributed by atoms with van der Waals surface area (Å²) in [6.45, 7) is 6.27. The van der Waals surface area contributed by atoms with E-state index in [9.17, 15) is 9.59 Å². The van der Waals surface area contributed by atoms with Gasteiger partial charge in [-0.1, -0.05) is 37.6 Å². The Hall–Kier alpha value is -1.85. The third-order valence-corrected chi connectivity index (χ3v) is 5.10. The Kier molecular flexibility index (Phi) is 6.40. The van der Waals surface area contributed by atoms with Crippen LogP contribution in [0.4, 0.5) is 0 Å². The van der Waals surface area contributed by atoms with E-state index in [1.165, 1.54) is 0 Å². The van der Waals surface area contributed by atoms with Crippen molar-refractivity contribution >= 4 is 34.8 Å². The fourth-order valence-electron chi connectivity index (χ4n) is 2.26. The van der Waals surface area contributed by atoms with Crippen molar-refractivity contribution in [2.45, 2.75) is 33.4 Å². The molecule has 0 radical (unpaired) electrons. The van der Waals surface area contributed by atoms with Gasteiger partial charge in [-0.05, 0) is 42.0 Å². The average Bonchev–Trinajstić information content (AvgIpc) is 2.95. The third kappa shape index (κ3) is 4.58. The molecule has 0 saturated carbocycles. The van der Waals surface area contributed by atoms with Gasteiger partial charge in [-0.3, -0.25) is 9.59 Å². The normalized spacial score (nSPS) is 12.0. The van der Waals surface area contributed by atoms with Crippen molar-refractivity contribution in [3.8, 4) is 0 Å². The van der Waals surface area contributed by atoms with Crippen molar-refractivity contribution in [2.75, 3.05) is 0 Å². The Morgan fingerprint density at radius 2 is 1.92 bits per heavy atom. The Labute approximate surface area is 151 Å². The fourth-order valence-corrected chi connectivity index (χ4v) is 3.33. The van der Waals surface area contributed by atoms with Gasteiger partial charge in [-0.15, -0.1) is 11.3 Å². The molecule has 2 rings (SSSR count). The quantitative estimate of drug-likeness (QED) is 0.819. The SMILES string of the molecule is Cc1ccsc1CNC(=O)C(NC(=O)c1ccccc1Cl)C(C)C. The molecule has 2 aromatic rings. The molecule has 0 fully saturated rings. The highest BCUT2D eigenvalue weighted by molar-refractivity contribution is 7.10. The van der Waals surface area contributed by atoms with Gasteiger partial charge < -0.3 is 10.6 Å². The summed E-state index contributed by atoms with van der Waals surface area (Å²) in [4.78, 5) is 26.0. The molecule has 6 heteroatoms. The Morgan fingerprint density at radius 1 is 1.21 bits per heavy atom. The van der Waals surface area contributed by atoms with Crippen LogP contribution in [0.1, 0.15) is 34.6 Å². The smallest absolute Gasteiger partial charge is 0.253 e. The molecule has 0 aliphatic heterocycles. The van der Waals surface area contributed by atoms with Crippen LogP contribution in [0.25, 0.3) is 0 Å². The molecule has 0 aliphatic rings. The van der Waals surface area contributed by atoms with E-state index in [0.717, 1.165) is 10.4 Å². The third-order valence-electron chi connectivity index (χ3n) is 3.75. The summed E-state index contributed by atoms with van der Waals surface area (Å²) in [7, 11) is 0. The molecule has 1 unspecified atom stereocenters. The summed E-state index contributed by atoms with van der Waals surface area (Å²) >= 11 is 7.65. The van der Waals surface area contributed by atoms with E-state index in [1.807, 2.05) is 32.2 Å². The number of carbonyl (C=O) groups is 2. The number of hydrogen-bond acceptors (Lipinski definition) is 3. The number of rotatable bonds is 6. The van der Waals surface area contributed by atoms with E-state index >= 15 is 0 Å². The molecule has 4 nitrogen and oxygen atoms in total. The minimum Gasteiger partial charge on any atom is -0.349 e. The maximum Gasteiger partial charge on any atom is 0.253 e. The highest BCUT2D eigenvalue weighted by atomic mass is 35.5. The van der Waals surface area contributed by atoms with E-state index in [0.29, 0.717) is 17.1 Å². The number of aryl methyl sites for hydroxylation is 1. The summed E-state index contributed by atoms with van der Waals surface area (Å²) in [5, 5.41) is 8.05. The molecule has 24 heavy (non-hydrogen) atoms. The topological polar surface area (TPSA) is 58.2 Å². The molecular weight excluding hydrogens is 344 g/mol. The van der Waals surface area contributed by atoms with Gasteiger partial charge >= 0.3 is 0 Å². The molecule has 1 aromatic carbocycles. The lowest BCUT2D eigenvalue weighted by atomic mass is 10.0. The van der Waals surface area contributed by atoms with Gasteiger partial charge in [-0.2, -0.15) is 0 Å². The summed E-state index contributed by atoms with van der Waals surface area (Å²) in [5.74, 6) is -0.583. The molecule has 2 amide bonds. The van der Waals surface area contributed by atoms with Crippen LogP contribution in [0.3, 0.4) is 0 Å². The van der Waals surface area contributed by atoms with Crippen LogP contribution in [0, 0.1) is 12.8 Å². The number of thiophene rings is 1. The number of amides is 2. The van der Waals surface area contributed by atoms with Crippen molar-refractivity contribution in [1.82, 2.24) is 10.6 Å². The first-order valence-electron chi connectivity index (χ1n) is 7.76. The Balaban J connectivity index is 2.03. The molecule has 0 saturated heterocycles. The first kappa shape index (κ1) is 18.5. The lowest BCUT2D eigenvalue weighted by Crippen LogP contribution is -2.49. The lowest BCUT2D eigenvalue weighted by molar-refractivity contribution is -0.124. The molecule has 1 heterocycles. The van der Waals surface area contributed by atoms with Crippen molar-refractivity contribution in [3.63, 3.8) is 0 Å². The predicted molar refractivity (Wildman–Crippen MR) is 98.4 cm³/mol. The van der Waals surface area contributed by atoms with E-state index in [2.05, 4.69) is 10.6 Å². The zero-order valence-electron chi connectivity index (χ0n) is 13.9. The maximum atomic E-state index is 12.5. The van der Waals surface area contributed by atoms with Gasteiger partial charge in [0, 0.05) is 4.88 Å². The van der Waals surface area contributed by atoms with Gasteiger partial charge in [0.25, 0.3) is 5.91 Å². The number of nitrogens with one attached hydrogen (secondary N) is 2. The average molecular weight is 365 g/mol. The van der Waals surface area contributed by atoms with Crippen molar-refractivity contribution in [3.05, 3.63) is 56.7 Å². The second-order valence-electron chi connectivity index (χ2n) is 5.92. The first-order valence-corrected chi connectivity index (χ1v) is 9.02. The van der Waals surface area contributed by atoms with Crippen molar-refractivity contribution in [2.24, 2.45) is 5.92 Å². The maximum absolute atomic E-state index is 12.5. The Bertz CT molecular complexity index is 727. The monoisotopic (exact) mass is 364 g/mol. The number of hydrogen-bond donors (Lipinski definition) is 2. The predicted octanol–water partition coefficient (Wildman–Crippen LogP) is 3.78. The van der Waals surface area contributed by atoms with Crippen LogP contribution in [0.15, 0.2) is 35.7 Å². The molecule has 0 bridgehead atoms.